The Bertz CT molecular complexity index is 1230. The van der Waals surface area contributed by atoms with Crippen molar-refractivity contribution in [3.8, 4) is 0 Å². The molecule has 2 aliphatic rings. The number of hydrogen-bond donors (Lipinski definition) is 0. The molecule has 2 amide bonds. The van der Waals surface area contributed by atoms with E-state index in [0.29, 0.717) is 45.7 Å². The number of benzene rings is 3. The number of likely N-dealkylation sites (tertiary alicyclic amines) is 1. The highest BCUT2D eigenvalue weighted by atomic mass is 19.4. The summed E-state index contributed by atoms with van der Waals surface area (Å²) < 4.78 is 38.5. The third kappa shape index (κ3) is 5.71. The summed E-state index contributed by atoms with van der Waals surface area (Å²) in [4.78, 5) is 33.0. The number of carbonyl (C=O) groups is 2. The Morgan fingerprint density at radius 3 is 1.87 bits per heavy atom. The number of amides is 2. The van der Waals surface area contributed by atoms with Gasteiger partial charge >= 0.3 is 6.18 Å². The van der Waals surface area contributed by atoms with Gasteiger partial charge in [0.15, 0.2) is 0 Å². The fourth-order valence-electron chi connectivity index (χ4n) is 5.79. The second-order valence-electron chi connectivity index (χ2n) is 10.3. The van der Waals surface area contributed by atoms with Crippen molar-refractivity contribution < 1.29 is 22.8 Å². The number of piperazine rings is 1. The minimum atomic E-state index is -4.35. The van der Waals surface area contributed by atoms with Gasteiger partial charge in [0.1, 0.15) is 0 Å². The van der Waals surface area contributed by atoms with Crippen LogP contribution in [-0.4, -0.2) is 65.8 Å². The average Bonchev–Trinajstić information content (AvgIpc) is 2.95. The van der Waals surface area contributed by atoms with Gasteiger partial charge in [-0.25, -0.2) is 0 Å². The summed E-state index contributed by atoms with van der Waals surface area (Å²) in [6.07, 6.45) is -2.86. The van der Waals surface area contributed by atoms with E-state index in [0.717, 1.165) is 35.2 Å². The van der Waals surface area contributed by atoms with Crippen LogP contribution in [0, 0.1) is 0 Å². The third-order valence-corrected chi connectivity index (χ3v) is 7.90. The minimum Gasteiger partial charge on any atom is -0.339 e. The predicted octanol–water partition coefficient (Wildman–Crippen LogP) is 4.96. The molecule has 8 heteroatoms. The molecule has 2 fully saturated rings. The fraction of sp³-hybridized carbons (Fsp3) is 0.355. The lowest BCUT2D eigenvalue weighted by Crippen LogP contribution is -2.56. The molecular formula is C31H32F3N3O2. The smallest absolute Gasteiger partial charge is 0.339 e. The molecule has 5 rings (SSSR count). The zero-order valence-electron chi connectivity index (χ0n) is 21.7. The molecule has 3 aromatic carbocycles. The van der Waals surface area contributed by atoms with E-state index in [4.69, 9.17) is 0 Å². The van der Waals surface area contributed by atoms with Crippen molar-refractivity contribution in [2.45, 2.75) is 31.0 Å². The third-order valence-electron chi connectivity index (χ3n) is 7.90. The molecule has 0 N–H and O–H groups in total. The average molecular weight is 536 g/mol. The normalized spacial score (nSPS) is 18.3. The van der Waals surface area contributed by atoms with E-state index in [1.165, 1.54) is 12.1 Å². The predicted molar refractivity (Wildman–Crippen MR) is 143 cm³/mol. The van der Waals surface area contributed by atoms with Gasteiger partial charge in [-0.05, 0) is 41.7 Å². The maximum absolute atomic E-state index is 14.1. The van der Waals surface area contributed by atoms with Crippen LogP contribution in [0.3, 0.4) is 0 Å². The first-order chi connectivity index (χ1) is 18.8. The summed E-state index contributed by atoms with van der Waals surface area (Å²) in [5.74, 6) is -0.116. The summed E-state index contributed by atoms with van der Waals surface area (Å²) >= 11 is 0. The topological polar surface area (TPSA) is 43.9 Å². The lowest BCUT2D eigenvalue weighted by Gasteiger charge is -2.43. The highest BCUT2D eigenvalue weighted by molar-refractivity contribution is 5.95. The van der Waals surface area contributed by atoms with Crippen molar-refractivity contribution in [3.05, 3.63) is 107 Å². The molecule has 2 saturated heterocycles. The van der Waals surface area contributed by atoms with E-state index in [-0.39, 0.29) is 18.4 Å². The molecule has 0 spiro atoms. The zero-order chi connectivity index (χ0) is 27.5. The summed E-state index contributed by atoms with van der Waals surface area (Å²) in [5.41, 5.74) is 1.21. The molecule has 0 saturated carbocycles. The summed E-state index contributed by atoms with van der Waals surface area (Å²) in [5, 5.41) is 0. The summed E-state index contributed by atoms with van der Waals surface area (Å²) in [7, 11) is 0. The molecule has 0 aromatic heterocycles. The van der Waals surface area contributed by atoms with Crippen LogP contribution in [0.15, 0.2) is 84.9 Å². The summed E-state index contributed by atoms with van der Waals surface area (Å²) in [6, 6.07) is 24.9. The van der Waals surface area contributed by atoms with Crippen molar-refractivity contribution in [1.29, 1.82) is 0 Å². The Morgan fingerprint density at radius 2 is 1.33 bits per heavy atom. The Hall–Kier alpha value is -3.65. The van der Waals surface area contributed by atoms with Crippen molar-refractivity contribution in [3.63, 3.8) is 0 Å². The zero-order valence-corrected chi connectivity index (χ0v) is 21.7. The van der Waals surface area contributed by atoms with E-state index in [1.54, 1.807) is 9.80 Å². The van der Waals surface area contributed by atoms with Gasteiger partial charge in [-0.15, -0.1) is 0 Å². The van der Waals surface area contributed by atoms with Crippen LogP contribution in [0.2, 0.25) is 0 Å². The van der Waals surface area contributed by atoms with Gasteiger partial charge in [0.2, 0.25) is 11.8 Å². The number of hydrogen-bond acceptors (Lipinski definition) is 3. The molecule has 204 valence electrons. The quantitative estimate of drug-likeness (QED) is 0.448. The maximum Gasteiger partial charge on any atom is 0.416 e. The highest BCUT2D eigenvalue weighted by Gasteiger charge is 2.47. The minimum absolute atomic E-state index is 0.0408. The molecule has 0 bridgehead atoms. The van der Waals surface area contributed by atoms with Crippen LogP contribution in [0.25, 0.3) is 0 Å². The lowest BCUT2D eigenvalue weighted by molar-refractivity contribution is -0.146. The summed E-state index contributed by atoms with van der Waals surface area (Å²) in [6.45, 7) is 3.39. The van der Waals surface area contributed by atoms with E-state index in [1.807, 2.05) is 60.7 Å². The standard InChI is InChI=1S/C31H32F3N3O2/c32-31(33,34)27-14-12-24(13-15-27)22-35-18-20-36(21-19-35)28(38)23-37-17-7-16-30(29(37)39,25-8-3-1-4-9-25)26-10-5-2-6-11-26/h1-6,8-15H,7,16-23H2. The molecule has 2 aliphatic heterocycles. The van der Waals surface area contributed by atoms with Gasteiger partial charge in [0.25, 0.3) is 0 Å². The van der Waals surface area contributed by atoms with E-state index in [2.05, 4.69) is 4.90 Å². The molecule has 3 aromatic rings. The van der Waals surface area contributed by atoms with Gasteiger partial charge in [0, 0.05) is 39.3 Å². The van der Waals surface area contributed by atoms with Crippen LogP contribution in [0.4, 0.5) is 13.2 Å². The molecule has 39 heavy (non-hydrogen) atoms. The Kier molecular flexibility index (Phi) is 7.75. The van der Waals surface area contributed by atoms with Crippen molar-refractivity contribution >= 4 is 11.8 Å². The van der Waals surface area contributed by atoms with Crippen LogP contribution >= 0.6 is 0 Å². The van der Waals surface area contributed by atoms with Crippen molar-refractivity contribution in [1.82, 2.24) is 14.7 Å². The first kappa shape index (κ1) is 26.9. The maximum atomic E-state index is 14.1. The van der Waals surface area contributed by atoms with Crippen LogP contribution in [-0.2, 0) is 27.7 Å². The molecule has 5 nitrogen and oxygen atoms in total. The van der Waals surface area contributed by atoms with Crippen molar-refractivity contribution in [2.24, 2.45) is 0 Å². The van der Waals surface area contributed by atoms with Crippen LogP contribution in [0.1, 0.15) is 35.1 Å². The van der Waals surface area contributed by atoms with Gasteiger partial charge in [-0.3, -0.25) is 14.5 Å². The van der Waals surface area contributed by atoms with Gasteiger partial charge in [-0.1, -0.05) is 72.8 Å². The molecule has 0 atom stereocenters. The number of alkyl halides is 3. The van der Waals surface area contributed by atoms with E-state index < -0.39 is 17.2 Å². The second-order valence-corrected chi connectivity index (χ2v) is 10.3. The fourth-order valence-corrected chi connectivity index (χ4v) is 5.79. The number of nitrogens with zero attached hydrogens (tertiary/aromatic N) is 3. The molecule has 0 radical (unpaired) electrons. The second kappa shape index (κ2) is 11.2. The van der Waals surface area contributed by atoms with Crippen molar-refractivity contribution in [2.75, 3.05) is 39.3 Å². The van der Waals surface area contributed by atoms with Gasteiger partial charge in [0.05, 0.1) is 17.5 Å². The Labute approximate surface area is 226 Å². The largest absolute Gasteiger partial charge is 0.416 e. The number of piperidine rings is 1. The monoisotopic (exact) mass is 535 g/mol. The SMILES string of the molecule is O=C(CN1CCCC(c2ccccc2)(c2ccccc2)C1=O)N1CCN(Cc2ccc(C(F)(F)F)cc2)CC1. The van der Waals surface area contributed by atoms with Crippen LogP contribution in [0.5, 0.6) is 0 Å². The van der Waals surface area contributed by atoms with Gasteiger partial charge in [-0.2, -0.15) is 13.2 Å². The van der Waals surface area contributed by atoms with E-state index >= 15 is 0 Å². The molecule has 2 heterocycles. The Balaban J connectivity index is 1.22. The molecule has 0 unspecified atom stereocenters. The lowest BCUT2D eigenvalue weighted by atomic mass is 9.68. The Morgan fingerprint density at radius 1 is 0.769 bits per heavy atom. The first-order valence-corrected chi connectivity index (χ1v) is 13.3. The van der Waals surface area contributed by atoms with E-state index in [9.17, 15) is 22.8 Å². The first-order valence-electron chi connectivity index (χ1n) is 13.3. The molecule has 0 aliphatic carbocycles. The number of carbonyl (C=O) groups excluding carboxylic acids is 2. The number of rotatable bonds is 6. The number of halogens is 3. The highest BCUT2D eigenvalue weighted by Crippen LogP contribution is 2.41. The van der Waals surface area contributed by atoms with Crippen LogP contribution < -0.4 is 0 Å². The van der Waals surface area contributed by atoms with Gasteiger partial charge < -0.3 is 9.80 Å². The molecular weight excluding hydrogens is 503 g/mol.